The lowest BCUT2D eigenvalue weighted by atomic mass is 10.3. The third kappa shape index (κ3) is 6.08. The number of benzene rings is 1. The highest BCUT2D eigenvalue weighted by Gasteiger charge is 2.06. The SMILES string of the molecule is CCCNC(=NC)NCC(C)Oc1cccc(F)c1. The summed E-state index contributed by atoms with van der Waals surface area (Å²) in [5.41, 5.74) is 0. The van der Waals surface area contributed by atoms with Gasteiger partial charge in [0, 0.05) is 19.7 Å². The maximum absolute atomic E-state index is 13.0. The molecule has 0 radical (unpaired) electrons. The first-order chi connectivity index (χ1) is 9.15. The van der Waals surface area contributed by atoms with E-state index >= 15 is 0 Å². The van der Waals surface area contributed by atoms with Crippen LogP contribution in [0.25, 0.3) is 0 Å². The van der Waals surface area contributed by atoms with E-state index in [-0.39, 0.29) is 11.9 Å². The van der Waals surface area contributed by atoms with Crippen molar-refractivity contribution in [1.29, 1.82) is 0 Å². The number of ether oxygens (including phenoxy) is 1. The Hall–Kier alpha value is -1.78. The Labute approximate surface area is 114 Å². The lowest BCUT2D eigenvalue weighted by Gasteiger charge is -2.17. The number of hydrogen-bond acceptors (Lipinski definition) is 2. The normalized spacial score (nSPS) is 12.9. The van der Waals surface area contributed by atoms with Crippen LogP contribution in [0.1, 0.15) is 20.3 Å². The first-order valence-corrected chi connectivity index (χ1v) is 6.52. The minimum absolute atomic E-state index is 0.0815. The fourth-order valence-electron chi connectivity index (χ4n) is 1.52. The minimum Gasteiger partial charge on any atom is -0.489 e. The number of guanidine groups is 1. The molecule has 0 bridgehead atoms. The van der Waals surface area contributed by atoms with Crippen LogP contribution in [0.15, 0.2) is 29.3 Å². The zero-order chi connectivity index (χ0) is 14.1. The minimum atomic E-state index is -0.293. The van der Waals surface area contributed by atoms with E-state index in [2.05, 4.69) is 22.5 Å². The Balaban J connectivity index is 2.36. The van der Waals surface area contributed by atoms with E-state index in [1.807, 2.05) is 6.92 Å². The summed E-state index contributed by atoms with van der Waals surface area (Å²) in [6.45, 7) is 5.49. The second kappa shape index (κ2) is 8.34. The van der Waals surface area contributed by atoms with E-state index in [1.54, 1.807) is 19.2 Å². The molecule has 1 aromatic carbocycles. The van der Waals surface area contributed by atoms with Crippen LogP contribution in [0, 0.1) is 5.82 Å². The van der Waals surface area contributed by atoms with Gasteiger partial charge in [-0.2, -0.15) is 0 Å². The summed E-state index contributed by atoms with van der Waals surface area (Å²) in [4.78, 5) is 4.10. The molecule has 0 fully saturated rings. The highest BCUT2D eigenvalue weighted by Crippen LogP contribution is 2.13. The van der Waals surface area contributed by atoms with Gasteiger partial charge in [-0.3, -0.25) is 4.99 Å². The predicted molar refractivity (Wildman–Crippen MR) is 76.1 cm³/mol. The van der Waals surface area contributed by atoms with Crippen LogP contribution >= 0.6 is 0 Å². The molecule has 0 spiro atoms. The molecule has 5 heteroatoms. The van der Waals surface area contributed by atoms with E-state index < -0.39 is 0 Å². The summed E-state index contributed by atoms with van der Waals surface area (Å²) in [5, 5.41) is 6.33. The zero-order valence-corrected chi connectivity index (χ0v) is 11.7. The number of nitrogens with one attached hydrogen (secondary N) is 2. The number of rotatable bonds is 6. The Kier molecular flexibility index (Phi) is 6.71. The largest absolute Gasteiger partial charge is 0.489 e. The van der Waals surface area contributed by atoms with Gasteiger partial charge in [0.1, 0.15) is 17.7 Å². The van der Waals surface area contributed by atoms with E-state index in [9.17, 15) is 4.39 Å². The maximum Gasteiger partial charge on any atom is 0.191 e. The van der Waals surface area contributed by atoms with E-state index in [0.29, 0.717) is 12.3 Å². The molecule has 0 heterocycles. The molecule has 19 heavy (non-hydrogen) atoms. The van der Waals surface area contributed by atoms with Gasteiger partial charge in [0.2, 0.25) is 0 Å². The number of hydrogen-bond donors (Lipinski definition) is 2. The quantitative estimate of drug-likeness (QED) is 0.613. The van der Waals surface area contributed by atoms with Gasteiger partial charge >= 0.3 is 0 Å². The summed E-state index contributed by atoms with van der Waals surface area (Å²) < 4.78 is 18.6. The third-order valence-electron chi connectivity index (χ3n) is 2.46. The highest BCUT2D eigenvalue weighted by atomic mass is 19.1. The second-order valence-corrected chi connectivity index (χ2v) is 4.27. The fraction of sp³-hybridized carbons (Fsp3) is 0.500. The van der Waals surface area contributed by atoms with Gasteiger partial charge in [0.05, 0.1) is 6.54 Å². The van der Waals surface area contributed by atoms with Gasteiger partial charge in [-0.15, -0.1) is 0 Å². The van der Waals surface area contributed by atoms with Crippen molar-refractivity contribution >= 4 is 5.96 Å². The topological polar surface area (TPSA) is 45.7 Å². The molecule has 0 aromatic heterocycles. The number of aliphatic imine (C=N–C) groups is 1. The van der Waals surface area contributed by atoms with Crippen molar-refractivity contribution in [2.75, 3.05) is 20.1 Å². The molecule has 0 saturated carbocycles. The van der Waals surface area contributed by atoms with Crippen LogP contribution in [0.2, 0.25) is 0 Å². The molecule has 0 aliphatic heterocycles. The van der Waals surface area contributed by atoms with Gasteiger partial charge in [-0.25, -0.2) is 4.39 Å². The molecule has 4 nitrogen and oxygen atoms in total. The van der Waals surface area contributed by atoms with Crippen LogP contribution < -0.4 is 15.4 Å². The predicted octanol–water partition coefficient (Wildman–Crippen LogP) is 2.17. The van der Waals surface area contributed by atoms with Crippen molar-refractivity contribution in [3.05, 3.63) is 30.1 Å². The Morgan fingerprint density at radius 1 is 1.42 bits per heavy atom. The Bertz CT molecular complexity index is 409. The molecule has 2 N–H and O–H groups in total. The summed E-state index contributed by atoms with van der Waals surface area (Å²) in [6, 6.07) is 6.14. The molecule has 1 atom stereocenters. The van der Waals surface area contributed by atoms with Crippen molar-refractivity contribution in [3.8, 4) is 5.75 Å². The van der Waals surface area contributed by atoms with Crippen molar-refractivity contribution in [1.82, 2.24) is 10.6 Å². The van der Waals surface area contributed by atoms with E-state index in [0.717, 1.165) is 18.9 Å². The van der Waals surface area contributed by atoms with Crippen LogP contribution in [0.4, 0.5) is 4.39 Å². The van der Waals surface area contributed by atoms with Crippen LogP contribution in [-0.2, 0) is 0 Å². The molecule has 0 saturated heterocycles. The summed E-state index contributed by atoms with van der Waals surface area (Å²) in [5.74, 6) is 0.987. The fourth-order valence-corrected chi connectivity index (χ4v) is 1.52. The summed E-state index contributed by atoms with van der Waals surface area (Å²) in [6.07, 6.45) is 0.956. The monoisotopic (exact) mass is 267 g/mol. The molecular weight excluding hydrogens is 245 g/mol. The smallest absolute Gasteiger partial charge is 0.191 e. The van der Waals surface area contributed by atoms with Crippen LogP contribution in [0.5, 0.6) is 5.75 Å². The molecule has 0 amide bonds. The van der Waals surface area contributed by atoms with Crippen molar-refractivity contribution in [2.24, 2.45) is 4.99 Å². The lowest BCUT2D eigenvalue weighted by Crippen LogP contribution is -2.42. The molecule has 1 rings (SSSR count). The first-order valence-electron chi connectivity index (χ1n) is 6.52. The molecule has 106 valence electrons. The average Bonchev–Trinajstić information content (AvgIpc) is 2.39. The number of halogens is 1. The van der Waals surface area contributed by atoms with E-state index in [4.69, 9.17) is 4.74 Å². The van der Waals surface area contributed by atoms with Crippen molar-refractivity contribution < 1.29 is 9.13 Å². The molecule has 1 aromatic rings. The number of nitrogens with zero attached hydrogens (tertiary/aromatic N) is 1. The standard InChI is InChI=1S/C14H22FN3O/c1-4-8-17-14(16-3)18-10-11(2)19-13-7-5-6-12(15)9-13/h5-7,9,11H,4,8,10H2,1-3H3,(H2,16,17,18). The molecule has 1 unspecified atom stereocenters. The highest BCUT2D eigenvalue weighted by molar-refractivity contribution is 5.79. The maximum atomic E-state index is 13.0. The third-order valence-corrected chi connectivity index (χ3v) is 2.46. The Morgan fingerprint density at radius 3 is 2.84 bits per heavy atom. The first kappa shape index (κ1) is 15.3. The van der Waals surface area contributed by atoms with Crippen LogP contribution in [0.3, 0.4) is 0 Å². The van der Waals surface area contributed by atoms with Crippen LogP contribution in [-0.4, -0.2) is 32.2 Å². The van der Waals surface area contributed by atoms with E-state index in [1.165, 1.54) is 12.1 Å². The van der Waals surface area contributed by atoms with Gasteiger partial charge in [0.15, 0.2) is 5.96 Å². The van der Waals surface area contributed by atoms with Gasteiger partial charge in [-0.1, -0.05) is 13.0 Å². The molecule has 0 aliphatic rings. The van der Waals surface area contributed by atoms with Crippen molar-refractivity contribution in [3.63, 3.8) is 0 Å². The zero-order valence-electron chi connectivity index (χ0n) is 11.7. The second-order valence-electron chi connectivity index (χ2n) is 4.27. The Morgan fingerprint density at radius 2 is 2.21 bits per heavy atom. The van der Waals surface area contributed by atoms with Gasteiger partial charge < -0.3 is 15.4 Å². The molecule has 0 aliphatic carbocycles. The summed E-state index contributed by atoms with van der Waals surface area (Å²) in [7, 11) is 1.73. The van der Waals surface area contributed by atoms with Gasteiger partial charge in [-0.05, 0) is 25.5 Å². The lowest BCUT2D eigenvalue weighted by molar-refractivity contribution is 0.223. The summed E-state index contributed by atoms with van der Waals surface area (Å²) >= 11 is 0. The van der Waals surface area contributed by atoms with Crippen molar-refractivity contribution in [2.45, 2.75) is 26.4 Å². The van der Waals surface area contributed by atoms with Gasteiger partial charge in [0.25, 0.3) is 0 Å². The molecular formula is C14H22FN3O. The average molecular weight is 267 g/mol.